The van der Waals surface area contributed by atoms with Crippen LogP contribution in [0.25, 0.3) is 0 Å². The van der Waals surface area contributed by atoms with Gasteiger partial charge in [-0.3, -0.25) is 9.59 Å². The van der Waals surface area contributed by atoms with Crippen LogP contribution in [0.3, 0.4) is 0 Å². The largest absolute Gasteiger partial charge is 0.335 e. The van der Waals surface area contributed by atoms with Crippen LogP contribution < -0.4 is 10.7 Å². The fourth-order valence-corrected chi connectivity index (χ4v) is 1.69. The minimum Gasteiger partial charge on any atom is -0.335 e. The van der Waals surface area contributed by atoms with Crippen molar-refractivity contribution < 1.29 is 14.4 Å². The second-order valence-corrected chi connectivity index (χ2v) is 4.23. The third-order valence-electron chi connectivity index (χ3n) is 2.43. The molecule has 1 aromatic rings. The number of carbonyl (C=O) groups excluding carboxylic acids is 3. The van der Waals surface area contributed by atoms with E-state index in [1.165, 1.54) is 0 Å². The molecule has 0 unspecified atom stereocenters. The van der Waals surface area contributed by atoms with Gasteiger partial charge in [0.25, 0.3) is 11.8 Å². The number of carbonyl (C=O) groups is 3. The fourth-order valence-electron chi connectivity index (χ4n) is 1.69. The van der Waals surface area contributed by atoms with Crippen molar-refractivity contribution in [3.8, 4) is 0 Å². The highest BCUT2D eigenvalue weighted by atomic mass is 16.2. The van der Waals surface area contributed by atoms with Crippen LogP contribution in [-0.4, -0.2) is 28.9 Å². The van der Waals surface area contributed by atoms with Crippen molar-refractivity contribution in [2.75, 3.05) is 0 Å². The van der Waals surface area contributed by atoms with E-state index in [0.717, 1.165) is 5.01 Å². The lowest BCUT2D eigenvalue weighted by Crippen LogP contribution is -2.51. The minimum absolute atomic E-state index is 0.0832. The molecule has 94 valence electrons. The Morgan fingerprint density at radius 2 is 1.61 bits per heavy atom. The predicted molar refractivity (Wildman–Crippen MR) is 63.7 cm³/mol. The molecule has 6 heteroatoms. The zero-order valence-corrected chi connectivity index (χ0v) is 10.1. The fraction of sp³-hybridized carbons (Fsp3) is 0.250. The Labute approximate surface area is 104 Å². The maximum Gasteiger partial charge on any atom is 0.334 e. The van der Waals surface area contributed by atoms with Gasteiger partial charge in [-0.25, -0.2) is 10.2 Å². The second-order valence-electron chi connectivity index (χ2n) is 4.23. The number of hydrazine groups is 1. The molecule has 1 heterocycles. The number of amides is 4. The Morgan fingerprint density at radius 1 is 1.11 bits per heavy atom. The van der Waals surface area contributed by atoms with Crippen LogP contribution in [0.15, 0.2) is 24.3 Å². The zero-order chi connectivity index (χ0) is 13.3. The summed E-state index contributed by atoms with van der Waals surface area (Å²) in [5.74, 6) is -1.04. The van der Waals surface area contributed by atoms with Crippen molar-refractivity contribution in [1.82, 2.24) is 15.8 Å². The number of hydrogen-bond acceptors (Lipinski definition) is 3. The average Bonchev–Trinajstić information content (AvgIpc) is 2.54. The number of benzene rings is 1. The molecular weight excluding hydrogens is 234 g/mol. The summed E-state index contributed by atoms with van der Waals surface area (Å²) in [5.41, 5.74) is 2.84. The molecule has 0 radical (unpaired) electrons. The van der Waals surface area contributed by atoms with Crippen molar-refractivity contribution in [2.45, 2.75) is 19.9 Å². The van der Waals surface area contributed by atoms with E-state index in [-0.39, 0.29) is 6.04 Å². The highest BCUT2D eigenvalue weighted by Gasteiger charge is 2.36. The van der Waals surface area contributed by atoms with E-state index in [9.17, 15) is 14.4 Å². The summed E-state index contributed by atoms with van der Waals surface area (Å²) in [4.78, 5) is 35.3. The lowest BCUT2D eigenvalue weighted by Gasteiger charge is -2.16. The van der Waals surface area contributed by atoms with Gasteiger partial charge in [0.1, 0.15) is 0 Å². The average molecular weight is 247 g/mol. The van der Waals surface area contributed by atoms with Crippen molar-refractivity contribution in [2.24, 2.45) is 0 Å². The Morgan fingerprint density at radius 3 is 2.06 bits per heavy atom. The maximum absolute atomic E-state index is 11.9. The molecule has 2 rings (SSSR count). The normalized spacial score (nSPS) is 13.8. The van der Waals surface area contributed by atoms with Crippen LogP contribution >= 0.6 is 0 Å². The van der Waals surface area contributed by atoms with Gasteiger partial charge in [-0.05, 0) is 26.0 Å². The van der Waals surface area contributed by atoms with E-state index < -0.39 is 17.8 Å². The van der Waals surface area contributed by atoms with E-state index in [2.05, 4.69) is 10.7 Å². The summed E-state index contributed by atoms with van der Waals surface area (Å²) in [6.45, 7) is 3.56. The predicted octanol–water partition coefficient (Wildman–Crippen LogP) is 0.905. The number of imide groups is 1. The van der Waals surface area contributed by atoms with Crippen molar-refractivity contribution in [3.63, 3.8) is 0 Å². The third-order valence-corrected chi connectivity index (χ3v) is 2.43. The second kappa shape index (κ2) is 4.48. The van der Waals surface area contributed by atoms with Crippen LogP contribution in [0.5, 0.6) is 0 Å². The number of nitrogens with zero attached hydrogens (tertiary/aromatic N) is 1. The van der Waals surface area contributed by atoms with Crippen LogP contribution in [0.1, 0.15) is 34.6 Å². The minimum atomic E-state index is -0.584. The quantitative estimate of drug-likeness (QED) is 0.762. The van der Waals surface area contributed by atoms with Gasteiger partial charge in [-0.1, -0.05) is 12.1 Å². The third kappa shape index (κ3) is 2.04. The molecule has 1 aliphatic rings. The lowest BCUT2D eigenvalue weighted by atomic mass is 10.1. The van der Waals surface area contributed by atoms with Gasteiger partial charge >= 0.3 is 6.03 Å². The number of hydrogen-bond donors (Lipinski definition) is 2. The Hall–Kier alpha value is -2.37. The van der Waals surface area contributed by atoms with E-state index in [4.69, 9.17) is 0 Å². The molecular formula is C12H13N3O3. The SMILES string of the molecule is CC(C)NC(=O)NN1C(=O)c2ccccc2C1=O. The number of urea groups is 1. The first-order chi connectivity index (χ1) is 8.50. The molecule has 4 amide bonds. The van der Waals surface area contributed by atoms with Crippen molar-refractivity contribution in [3.05, 3.63) is 35.4 Å². The van der Waals surface area contributed by atoms with Gasteiger partial charge in [-0.2, -0.15) is 5.01 Å². The highest BCUT2D eigenvalue weighted by Crippen LogP contribution is 2.20. The number of nitrogens with one attached hydrogen (secondary N) is 2. The molecule has 1 aromatic carbocycles. The van der Waals surface area contributed by atoms with Crippen LogP contribution in [0, 0.1) is 0 Å². The molecule has 0 atom stereocenters. The standard InChI is InChI=1S/C12H13N3O3/c1-7(2)13-12(18)14-15-10(16)8-5-3-4-6-9(8)11(15)17/h3-7H,1-2H3,(H2,13,14,18). The van der Waals surface area contributed by atoms with Crippen molar-refractivity contribution in [1.29, 1.82) is 0 Å². The van der Waals surface area contributed by atoms with Crippen molar-refractivity contribution >= 4 is 17.8 Å². The molecule has 0 spiro atoms. The van der Waals surface area contributed by atoms with E-state index in [1.807, 2.05) is 0 Å². The maximum atomic E-state index is 11.9. The monoisotopic (exact) mass is 247 g/mol. The molecule has 18 heavy (non-hydrogen) atoms. The summed E-state index contributed by atoms with van der Waals surface area (Å²) in [5, 5.41) is 3.27. The van der Waals surface area contributed by atoms with E-state index >= 15 is 0 Å². The molecule has 2 N–H and O–H groups in total. The molecule has 0 aromatic heterocycles. The first-order valence-electron chi connectivity index (χ1n) is 5.55. The molecule has 0 aliphatic carbocycles. The van der Waals surface area contributed by atoms with Gasteiger partial charge in [0, 0.05) is 6.04 Å². The molecule has 0 saturated heterocycles. The number of rotatable bonds is 2. The summed E-state index contributed by atoms with van der Waals surface area (Å²) < 4.78 is 0. The summed E-state index contributed by atoms with van der Waals surface area (Å²) >= 11 is 0. The van der Waals surface area contributed by atoms with Crippen LogP contribution in [0.2, 0.25) is 0 Å². The van der Waals surface area contributed by atoms with Gasteiger partial charge in [0.05, 0.1) is 11.1 Å². The first-order valence-corrected chi connectivity index (χ1v) is 5.55. The van der Waals surface area contributed by atoms with Gasteiger partial charge in [0.2, 0.25) is 0 Å². The summed E-state index contributed by atoms with van der Waals surface area (Å²) in [7, 11) is 0. The molecule has 0 bridgehead atoms. The van der Waals surface area contributed by atoms with Gasteiger partial charge < -0.3 is 5.32 Å². The summed E-state index contributed by atoms with van der Waals surface area (Å²) in [6.07, 6.45) is 0. The summed E-state index contributed by atoms with van der Waals surface area (Å²) in [6, 6.07) is 5.78. The Bertz CT molecular complexity index is 490. The molecule has 6 nitrogen and oxygen atoms in total. The molecule has 0 fully saturated rings. The Balaban J connectivity index is 2.16. The van der Waals surface area contributed by atoms with Gasteiger partial charge in [0.15, 0.2) is 0 Å². The van der Waals surface area contributed by atoms with E-state index in [0.29, 0.717) is 11.1 Å². The van der Waals surface area contributed by atoms with Gasteiger partial charge in [-0.15, -0.1) is 0 Å². The lowest BCUT2D eigenvalue weighted by molar-refractivity contribution is 0.0586. The van der Waals surface area contributed by atoms with Crippen LogP contribution in [0.4, 0.5) is 4.79 Å². The molecule has 1 aliphatic heterocycles. The van der Waals surface area contributed by atoms with Crippen LogP contribution in [-0.2, 0) is 0 Å². The van der Waals surface area contributed by atoms with E-state index in [1.54, 1.807) is 38.1 Å². The topological polar surface area (TPSA) is 78.5 Å². The zero-order valence-electron chi connectivity index (χ0n) is 10.1. The molecule has 0 saturated carbocycles. The highest BCUT2D eigenvalue weighted by molar-refractivity contribution is 6.21. The Kier molecular flexibility index (Phi) is 3.01. The number of fused-ring (bicyclic) bond motifs is 1. The smallest absolute Gasteiger partial charge is 0.334 e. The first kappa shape index (κ1) is 12.1.